The predicted octanol–water partition coefficient (Wildman–Crippen LogP) is 4.71. The third-order valence-electron chi connectivity index (χ3n) is 6.65. The molecule has 1 N–H and O–H groups in total. The second-order valence-corrected chi connectivity index (χ2v) is 9.20. The largest absolute Gasteiger partial charge is 0.493 e. The van der Waals surface area contributed by atoms with Crippen molar-refractivity contribution in [3.63, 3.8) is 0 Å². The SMILES string of the molecule is C=CCc1cc(C=C2C(=O)NC(=O)N(C3CCCCC3)C2=O)cc(OC)c1OCc1ccc([N+](=O)[O-])cc1. The molecular formula is C28H29N3O7. The number of amides is 4. The van der Waals surface area contributed by atoms with E-state index in [2.05, 4.69) is 11.9 Å². The number of nitro groups is 1. The van der Waals surface area contributed by atoms with Crippen molar-refractivity contribution in [1.29, 1.82) is 0 Å². The molecule has 1 saturated heterocycles. The molecule has 10 nitrogen and oxygen atoms in total. The summed E-state index contributed by atoms with van der Waals surface area (Å²) >= 11 is 0. The highest BCUT2D eigenvalue weighted by Crippen LogP contribution is 2.35. The van der Waals surface area contributed by atoms with Crippen molar-refractivity contribution >= 4 is 29.6 Å². The van der Waals surface area contributed by atoms with Crippen LogP contribution in [0.25, 0.3) is 6.08 Å². The van der Waals surface area contributed by atoms with Gasteiger partial charge in [0.05, 0.1) is 12.0 Å². The van der Waals surface area contributed by atoms with Crippen molar-refractivity contribution < 1.29 is 28.8 Å². The molecule has 10 heteroatoms. The molecule has 4 rings (SSSR count). The molecule has 2 aromatic rings. The van der Waals surface area contributed by atoms with Crippen LogP contribution in [0.5, 0.6) is 11.5 Å². The van der Waals surface area contributed by atoms with Crippen LogP contribution in [0.2, 0.25) is 0 Å². The molecule has 4 amide bonds. The summed E-state index contributed by atoms with van der Waals surface area (Å²) in [5.74, 6) is -0.517. The molecule has 0 unspecified atom stereocenters. The zero-order valence-electron chi connectivity index (χ0n) is 21.1. The highest BCUT2D eigenvalue weighted by molar-refractivity contribution is 6.31. The number of carbonyl (C=O) groups excluding carboxylic acids is 3. The average molecular weight is 520 g/mol. The van der Waals surface area contributed by atoms with Crippen LogP contribution in [0, 0.1) is 10.1 Å². The Hall–Kier alpha value is -4.47. The summed E-state index contributed by atoms with van der Waals surface area (Å²) in [6.07, 6.45) is 7.91. The summed E-state index contributed by atoms with van der Waals surface area (Å²) in [6, 6.07) is 8.55. The highest BCUT2D eigenvalue weighted by Gasteiger charge is 2.40. The number of nitro benzene ring substituents is 1. The van der Waals surface area contributed by atoms with E-state index >= 15 is 0 Å². The summed E-state index contributed by atoms with van der Waals surface area (Å²) in [5.41, 5.74) is 1.82. The number of benzene rings is 2. The lowest BCUT2D eigenvalue weighted by molar-refractivity contribution is -0.384. The zero-order chi connectivity index (χ0) is 27.2. The lowest BCUT2D eigenvalue weighted by Gasteiger charge is -2.35. The van der Waals surface area contributed by atoms with Gasteiger partial charge >= 0.3 is 6.03 Å². The van der Waals surface area contributed by atoms with Crippen LogP contribution >= 0.6 is 0 Å². The molecule has 1 heterocycles. The summed E-state index contributed by atoms with van der Waals surface area (Å²) in [4.78, 5) is 50.0. The van der Waals surface area contributed by atoms with E-state index in [1.807, 2.05) is 0 Å². The van der Waals surface area contributed by atoms with E-state index in [0.29, 0.717) is 29.0 Å². The van der Waals surface area contributed by atoms with Crippen LogP contribution in [0.4, 0.5) is 10.5 Å². The van der Waals surface area contributed by atoms with Crippen LogP contribution in [-0.2, 0) is 22.6 Å². The number of nitrogens with zero attached hydrogens (tertiary/aromatic N) is 2. The number of urea groups is 1. The first-order valence-corrected chi connectivity index (χ1v) is 12.4. The van der Waals surface area contributed by atoms with Crippen molar-refractivity contribution in [2.45, 2.75) is 51.2 Å². The molecule has 38 heavy (non-hydrogen) atoms. The topological polar surface area (TPSA) is 128 Å². The summed E-state index contributed by atoms with van der Waals surface area (Å²) in [7, 11) is 1.48. The average Bonchev–Trinajstić information content (AvgIpc) is 2.91. The van der Waals surface area contributed by atoms with E-state index in [9.17, 15) is 24.5 Å². The Labute approximate surface area is 220 Å². The predicted molar refractivity (Wildman–Crippen MR) is 140 cm³/mol. The Bertz CT molecular complexity index is 1290. The second kappa shape index (κ2) is 11.7. The van der Waals surface area contributed by atoms with Crippen molar-refractivity contribution in [2.75, 3.05) is 7.11 Å². The Kier molecular flexibility index (Phi) is 8.20. The van der Waals surface area contributed by atoms with Gasteiger partial charge in [-0.2, -0.15) is 0 Å². The highest BCUT2D eigenvalue weighted by atomic mass is 16.6. The number of nitrogens with one attached hydrogen (secondary N) is 1. The maximum absolute atomic E-state index is 13.3. The van der Waals surface area contributed by atoms with Gasteiger partial charge in [0, 0.05) is 23.7 Å². The monoisotopic (exact) mass is 519 g/mol. The normalized spacial score (nSPS) is 17.3. The minimum atomic E-state index is -0.741. The standard InChI is InChI=1S/C28H29N3O7/c1-3-7-20-14-19(15-23-26(32)29-28(34)30(27(23)33)21-8-5-4-6-9-21)16-24(37-2)25(20)38-17-18-10-12-22(13-11-18)31(35)36/h3,10-16,21H,1,4-9,17H2,2H3,(H,29,32,34). The molecule has 2 aromatic carbocycles. The van der Waals surface area contributed by atoms with E-state index in [-0.39, 0.29) is 23.9 Å². The van der Waals surface area contributed by atoms with Gasteiger partial charge < -0.3 is 9.47 Å². The third kappa shape index (κ3) is 5.74. The van der Waals surface area contributed by atoms with E-state index in [1.165, 1.54) is 30.2 Å². The first kappa shape index (κ1) is 26.6. The van der Waals surface area contributed by atoms with E-state index in [4.69, 9.17) is 9.47 Å². The number of ether oxygens (including phenoxy) is 2. The van der Waals surface area contributed by atoms with Gasteiger partial charge in [0.1, 0.15) is 12.2 Å². The van der Waals surface area contributed by atoms with Crippen LogP contribution in [-0.4, -0.2) is 40.8 Å². The van der Waals surface area contributed by atoms with E-state index in [1.54, 1.807) is 30.3 Å². The number of methoxy groups -OCH3 is 1. The van der Waals surface area contributed by atoms with Crippen molar-refractivity contribution in [1.82, 2.24) is 10.2 Å². The second-order valence-electron chi connectivity index (χ2n) is 9.20. The van der Waals surface area contributed by atoms with Gasteiger partial charge in [-0.3, -0.25) is 29.9 Å². The Morgan fingerprint density at radius 3 is 2.47 bits per heavy atom. The van der Waals surface area contributed by atoms with Crippen LogP contribution < -0.4 is 14.8 Å². The maximum atomic E-state index is 13.3. The molecule has 0 bridgehead atoms. The fraction of sp³-hybridized carbons (Fsp3) is 0.321. The number of rotatable bonds is 9. The molecule has 2 aliphatic rings. The fourth-order valence-corrected chi connectivity index (χ4v) is 4.77. The molecule has 0 atom stereocenters. The van der Waals surface area contributed by atoms with Gasteiger partial charge in [-0.25, -0.2) is 4.79 Å². The number of hydrogen-bond acceptors (Lipinski definition) is 7. The lowest BCUT2D eigenvalue weighted by Crippen LogP contribution is -2.58. The Balaban J connectivity index is 1.63. The molecule has 1 aliphatic carbocycles. The molecule has 0 aromatic heterocycles. The van der Waals surface area contributed by atoms with Crippen LogP contribution in [0.1, 0.15) is 48.8 Å². The van der Waals surface area contributed by atoms with Crippen molar-refractivity contribution in [2.24, 2.45) is 0 Å². The van der Waals surface area contributed by atoms with Gasteiger partial charge in [-0.15, -0.1) is 6.58 Å². The van der Waals surface area contributed by atoms with Crippen LogP contribution in [0.15, 0.2) is 54.6 Å². The first-order chi connectivity index (χ1) is 18.3. The van der Waals surface area contributed by atoms with Gasteiger partial charge in [0.2, 0.25) is 0 Å². The smallest absolute Gasteiger partial charge is 0.331 e. The van der Waals surface area contributed by atoms with Gasteiger partial charge in [0.15, 0.2) is 11.5 Å². The van der Waals surface area contributed by atoms with E-state index in [0.717, 1.165) is 37.7 Å². The number of carbonyl (C=O) groups is 3. The zero-order valence-corrected chi connectivity index (χ0v) is 21.1. The molecule has 1 aliphatic heterocycles. The molecule has 0 spiro atoms. The first-order valence-electron chi connectivity index (χ1n) is 12.4. The van der Waals surface area contributed by atoms with Crippen molar-refractivity contribution in [3.05, 3.63) is 81.4 Å². The summed E-state index contributed by atoms with van der Waals surface area (Å²) in [5, 5.41) is 13.2. The number of hydrogen-bond donors (Lipinski definition) is 1. The van der Waals surface area contributed by atoms with Crippen molar-refractivity contribution in [3.8, 4) is 11.5 Å². The van der Waals surface area contributed by atoms with Crippen LogP contribution in [0.3, 0.4) is 0 Å². The third-order valence-corrected chi connectivity index (χ3v) is 6.65. The number of imide groups is 2. The molecule has 1 saturated carbocycles. The minimum Gasteiger partial charge on any atom is -0.493 e. The Morgan fingerprint density at radius 2 is 1.84 bits per heavy atom. The molecule has 0 radical (unpaired) electrons. The van der Waals surface area contributed by atoms with Gasteiger partial charge in [0.25, 0.3) is 17.5 Å². The van der Waals surface area contributed by atoms with E-state index < -0.39 is 22.8 Å². The maximum Gasteiger partial charge on any atom is 0.331 e. The quantitative estimate of drug-likeness (QED) is 0.167. The molecule has 2 fully saturated rings. The number of non-ortho nitro benzene ring substituents is 1. The van der Waals surface area contributed by atoms with Gasteiger partial charge in [-0.05, 0) is 60.7 Å². The summed E-state index contributed by atoms with van der Waals surface area (Å²) < 4.78 is 11.6. The number of allylic oxidation sites excluding steroid dienone is 1. The lowest BCUT2D eigenvalue weighted by atomic mass is 9.93. The van der Waals surface area contributed by atoms with Gasteiger partial charge in [-0.1, -0.05) is 25.3 Å². The number of barbiturate groups is 1. The molecular weight excluding hydrogens is 490 g/mol. The Morgan fingerprint density at radius 1 is 1.13 bits per heavy atom. The minimum absolute atomic E-state index is 0.0129. The fourth-order valence-electron chi connectivity index (χ4n) is 4.77. The summed E-state index contributed by atoms with van der Waals surface area (Å²) in [6.45, 7) is 3.94. The molecule has 198 valence electrons.